The first kappa shape index (κ1) is 9.52. The minimum absolute atomic E-state index is 0.222. The van der Waals surface area contributed by atoms with Crippen molar-refractivity contribution in [2.75, 3.05) is 0 Å². The highest BCUT2D eigenvalue weighted by atomic mass is 14.9. The third kappa shape index (κ3) is 3.53. The third-order valence-electron chi connectivity index (χ3n) is 1.36. The molecule has 0 radical (unpaired) electrons. The Bertz CT molecular complexity index is 119. The van der Waals surface area contributed by atoms with Gasteiger partial charge in [0.05, 0.1) is 6.04 Å². The van der Waals surface area contributed by atoms with Gasteiger partial charge in [-0.15, -0.1) is 6.42 Å². The summed E-state index contributed by atoms with van der Waals surface area (Å²) in [4.78, 5) is 0. The van der Waals surface area contributed by atoms with Crippen molar-refractivity contribution < 1.29 is 0 Å². The van der Waals surface area contributed by atoms with Crippen molar-refractivity contribution in [2.45, 2.75) is 39.8 Å². The average Bonchev–Trinajstić information content (AvgIpc) is 1.81. The summed E-state index contributed by atoms with van der Waals surface area (Å²) in [5.74, 6) is 3.24. The smallest absolute Gasteiger partial charge is 0.0712 e. The molecule has 1 N–H and O–H groups in total. The highest BCUT2D eigenvalue weighted by molar-refractivity contribution is 5.00. The predicted octanol–water partition coefficient (Wildman–Crippen LogP) is 1.64. The Morgan fingerprint density at radius 3 is 1.80 bits per heavy atom. The molecular weight excluding hydrogens is 122 g/mol. The second-order valence-corrected chi connectivity index (χ2v) is 3.21. The van der Waals surface area contributed by atoms with Gasteiger partial charge < -0.3 is 5.32 Å². The van der Waals surface area contributed by atoms with E-state index in [0.29, 0.717) is 12.0 Å². The molecule has 0 bridgehead atoms. The van der Waals surface area contributed by atoms with Gasteiger partial charge >= 0.3 is 0 Å². The molecule has 0 amide bonds. The lowest BCUT2D eigenvalue weighted by Crippen LogP contribution is -2.37. The first-order valence-electron chi connectivity index (χ1n) is 3.80. The van der Waals surface area contributed by atoms with E-state index in [-0.39, 0.29) is 6.04 Å². The van der Waals surface area contributed by atoms with E-state index in [2.05, 4.69) is 38.9 Å². The van der Waals surface area contributed by atoms with Crippen LogP contribution in [0, 0.1) is 18.3 Å². The average molecular weight is 139 g/mol. The number of nitrogens with one attached hydrogen (secondary N) is 1. The lowest BCUT2D eigenvalue weighted by Gasteiger charge is -2.18. The topological polar surface area (TPSA) is 12.0 Å². The first-order chi connectivity index (χ1) is 4.57. The molecule has 1 nitrogen and oxygen atoms in total. The second-order valence-electron chi connectivity index (χ2n) is 3.21. The highest BCUT2D eigenvalue weighted by Gasteiger charge is 2.09. The van der Waals surface area contributed by atoms with Gasteiger partial charge in [-0.1, -0.05) is 19.8 Å². The van der Waals surface area contributed by atoms with Gasteiger partial charge in [0.1, 0.15) is 0 Å². The summed E-state index contributed by atoms with van der Waals surface area (Å²) in [5.41, 5.74) is 0. The number of terminal acetylenes is 1. The minimum Gasteiger partial charge on any atom is -0.301 e. The van der Waals surface area contributed by atoms with E-state index in [4.69, 9.17) is 6.42 Å². The fraction of sp³-hybridized carbons (Fsp3) is 0.778. The van der Waals surface area contributed by atoms with Crippen LogP contribution in [0.2, 0.25) is 0 Å². The Morgan fingerprint density at radius 1 is 1.20 bits per heavy atom. The monoisotopic (exact) mass is 139 g/mol. The maximum atomic E-state index is 5.31. The molecule has 10 heavy (non-hydrogen) atoms. The van der Waals surface area contributed by atoms with Crippen LogP contribution < -0.4 is 5.32 Å². The van der Waals surface area contributed by atoms with E-state index in [9.17, 15) is 0 Å². The van der Waals surface area contributed by atoms with Crippen LogP contribution in [0.3, 0.4) is 0 Å². The van der Waals surface area contributed by atoms with Crippen molar-refractivity contribution in [1.29, 1.82) is 0 Å². The molecule has 0 aromatic carbocycles. The van der Waals surface area contributed by atoms with E-state index >= 15 is 0 Å². The summed E-state index contributed by atoms with van der Waals surface area (Å²) in [5, 5.41) is 3.29. The summed E-state index contributed by atoms with van der Waals surface area (Å²) in [6.07, 6.45) is 5.31. The molecule has 1 heteroatoms. The fourth-order valence-electron chi connectivity index (χ4n) is 0.792. The molecule has 0 aliphatic carbocycles. The van der Waals surface area contributed by atoms with Crippen LogP contribution in [0.1, 0.15) is 27.7 Å². The molecule has 0 saturated heterocycles. The van der Waals surface area contributed by atoms with Crippen molar-refractivity contribution in [3.05, 3.63) is 0 Å². The van der Waals surface area contributed by atoms with E-state index in [0.717, 1.165) is 0 Å². The summed E-state index contributed by atoms with van der Waals surface area (Å²) < 4.78 is 0. The molecule has 0 rings (SSSR count). The van der Waals surface area contributed by atoms with Crippen LogP contribution in [0.25, 0.3) is 0 Å². The van der Waals surface area contributed by atoms with Crippen LogP contribution in [0.4, 0.5) is 0 Å². The Kier molecular flexibility index (Phi) is 4.14. The SMILES string of the molecule is C#C[C@H](NC(C)C)C(C)C. The molecule has 0 aromatic heterocycles. The molecule has 0 unspecified atom stereocenters. The zero-order chi connectivity index (χ0) is 8.15. The molecule has 0 heterocycles. The summed E-state index contributed by atoms with van der Waals surface area (Å²) in [7, 11) is 0. The first-order valence-corrected chi connectivity index (χ1v) is 3.80. The molecule has 0 aliphatic rings. The van der Waals surface area contributed by atoms with Gasteiger partial charge in [-0.2, -0.15) is 0 Å². The van der Waals surface area contributed by atoms with E-state index in [1.807, 2.05) is 0 Å². The fourth-order valence-corrected chi connectivity index (χ4v) is 0.792. The number of hydrogen-bond acceptors (Lipinski definition) is 1. The molecule has 0 aromatic rings. The molecule has 0 fully saturated rings. The lowest BCUT2D eigenvalue weighted by atomic mass is 10.0. The molecular formula is C9H17N. The normalized spacial score (nSPS) is 13.7. The largest absolute Gasteiger partial charge is 0.301 e. The summed E-state index contributed by atoms with van der Waals surface area (Å²) >= 11 is 0. The third-order valence-corrected chi connectivity index (χ3v) is 1.36. The van der Waals surface area contributed by atoms with Crippen LogP contribution >= 0.6 is 0 Å². The van der Waals surface area contributed by atoms with E-state index in [1.165, 1.54) is 0 Å². The summed E-state index contributed by atoms with van der Waals surface area (Å²) in [6.45, 7) is 8.46. The Balaban J connectivity index is 3.75. The van der Waals surface area contributed by atoms with Crippen molar-refractivity contribution in [3.63, 3.8) is 0 Å². The number of hydrogen-bond donors (Lipinski definition) is 1. The Labute approximate surface area is 64.2 Å². The Morgan fingerprint density at radius 2 is 1.70 bits per heavy atom. The van der Waals surface area contributed by atoms with Gasteiger partial charge in [-0.25, -0.2) is 0 Å². The van der Waals surface area contributed by atoms with Crippen molar-refractivity contribution in [1.82, 2.24) is 5.32 Å². The number of rotatable bonds is 3. The maximum Gasteiger partial charge on any atom is 0.0712 e. The molecule has 0 spiro atoms. The molecule has 58 valence electrons. The predicted molar refractivity (Wildman–Crippen MR) is 45.7 cm³/mol. The highest BCUT2D eigenvalue weighted by Crippen LogP contribution is 2.00. The van der Waals surface area contributed by atoms with Gasteiger partial charge in [0.2, 0.25) is 0 Å². The molecule has 1 atom stereocenters. The van der Waals surface area contributed by atoms with Gasteiger partial charge in [0.15, 0.2) is 0 Å². The quantitative estimate of drug-likeness (QED) is 0.586. The van der Waals surface area contributed by atoms with Crippen LogP contribution in [0.5, 0.6) is 0 Å². The standard InChI is InChI=1S/C9H17N/c1-6-9(7(2)3)10-8(4)5/h1,7-10H,2-5H3/t9-/m0/s1. The second kappa shape index (κ2) is 4.35. The zero-order valence-corrected chi connectivity index (χ0v) is 7.31. The van der Waals surface area contributed by atoms with Crippen LogP contribution in [-0.2, 0) is 0 Å². The van der Waals surface area contributed by atoms with Crippen molar-refractivity contribution >= 4 is 0 Å². The van der Waals surface area contributed by atoms with E-state index < -0.39 is 0 Å². The van der Waals surface area contributed by atoms with Crippen molar-refractivity contribution in [3.8, 4) is 12.3 Å². The van der Waals surface area contributed by atoms with Gasteiger partial charge in [-0.05, 0) is 19.8 Å². The van der Waals surface area contributed by atoms with Crippen LogP contribution in [0.15, 0.2) is 0 Å². The summed E-state index contributed by atoms with van der Waals surface area (Å²) in [6, 6.07) is 0.698. The van der Waals surface area contributed by atoms with Gasteiger partial charge in [0, 0.05) is 6.04 Å². The van der Waals surface area contributed by atoms with Gasteiger partial charge in [-0.3, -0.25) is 0 Å². The van der Waals surface area contributed by atoms with Gasteiger partial charge in [0.25, 0.3) is 0 Å². The van der Waals surface area contributed by atoms with E-state index in [1.54, 1.807) is 0 Å². The lowest BCUT2D eigenvalue weighted by molar-refractivity contribution is 0.439. The van der Waals surface area contributed by atoms with Crippen LogP contribution in [-0.4, -0.2) is 12.1 Å². The maximum absolute atomic E-state index is 5.31. The Hall–Kier alpha value is -0.480. The molecule has 0 aliphatic heterocycles. The zero-order valence-electron chi connectivity index (χ0n) is 7.31. The molecule has 0 saturated carbocycles. The van der Waals surface area contributed by atoms with Crippen molar-refractivity contribution in [2.24, 2.45) is 5.92 Å². The minimum atomic E-state index is 0.222.